The molecule has 3 aromatic carbocycles. The molecule has 0 aliphatic carbocycles. The first-order chi connectivity index (χ1) is 18.2. The van der Waals surface area contributed by atoms with Gasteiger partial charge < -0.3 is 24.3 Å². The number of fused-ring (bicyclic) bond motifs is 2. The number of nitrogens with one attached hydrogen (secondary N) is 2. The molecule has 0 unspecified atom stereocenters. The molecule has 0 atom stereocenters. The van der Waals surface area contributed by atoms with Crippen LogP contribution in [0.4, 0.5) is 11.4 Å². The van der Waals surface area contributed by atoms with Crippen LogP contribution in [-0.2, 0) is 4.79 Å². The molecule has 0 saturated carbocycles. The molecule has 0 saturated heterocycles. The number of oxazole rings is 1. The van der Waals surface area contributed by atoms with E-state index in [9.17, 15) is 14.7 Å². The van der Waals surface area contributed by atoms with Gasteiger partial charge in [0.2, 0.25) is 5.91 Å². The van der Waals surface area contributed by atoms with Gasteiger partial charge in [-0.25, -0.2) is 9.79 Å². The standard InChI is InChI=1S/C28H26ClN5O4/c1-33(2)13-12-24(35)34(3)19-8-6-18(7-9-19)30-26(16-4-11-23-22(14-16)32-28(37)38-23)25-20-10-5-17(29)15-21(20)31-27(25)36/h4-11,14-15,31,36H,12-13H2,1-3H3,(H,32,37). The van der Waals surface area contributed by atoms with E-state index in [0.29, 0.717) is 57.1 Å². The van der Waals surface area contributed by atoms with Gasteiger partial charge in [0.25, 0.3) is 0 Å². The monoisotopic (exact) mass is 531 g/mol. The van der Waals surface area contributed by atoms with Gasteiger partial charge in [-0.1, -0.05) is 17.7 Å². The minimum atomic E-state index is -0.556. The van der Waals surface area contributed by atoms with Crippen molar-refractivity contribution in [2.45, 2.75) is 6.42 Å². The number of rotatable bonds is 7. The lowest BCUT2D eigenvalue weighted by molar-refractivity contribution is -0.118. The number of H-pyrrole nitrogens is 2. The maximum Gasteiger partial charge on any atom is 0.417 e. The number of nitrogens with zero attached hydrogens (tertiary/aromatic N) is 3. The highest BCUT2D eigenvalue weighted by Gasteiger charge is 2.20. The number of carbonyl (C=O) groups is 1. The third-order valence-electron chi connectivity index (χ3n) is 6.29. The third-order valence-corrected chi connectivity index (χ3v) is 6.53. The maximum absolute atomic E-state index is 12.5. The fraction of sp³-hybridized carbons (Fsp3) is 0.179. The third kappa shape index (κ3) is 5.06. The van der Waals surface area contributed by atoms with Gasteiger partial charge >= 0.3 is 5.76 Å². The summed E-state index contributed by atoms with van der Waals surface area (Å²) in [5, 5.41) is 12.2. The maximum atomic E-state index is 12.5. The summed E-state index contributed by atoms with van der Waals surface area (Å²) in [6.07, 6.45) is 0.413. The number of aromatic hydroxyl groups is 1. The first-order valence-electron chi connectivity index (χ1n) is 11.9. The van der Waals surface area contributed by atoms with Crippen LogP contribution in [0.25, 0.3) is 22.0 Å². The number of aromatic amines is 2. The number of benzene rings is 3. The van der Waals surface area contributed by atoms with Crippen molar-refractivity contribution in [1.29, 1.82) is 0 Å². The molecule has 0 aliphatic heterocycles. The van der Waals surface area contributed by atoms with Gasteiger partial charge in [-0.3, -0.25) is 9.78 Å². The zero-order valence-electron chi connectivity index (χ0n) is 21.1. The summed E-state index contributed by atoms with van der Waals surface area (Å²) in [6, 6.07) is 17.8. The molecule has 9 nitrogen and oxygen atoms in total. The van der Waals surface area contributed by atoms with Gasteiger partial charge in [-0.15, -0.1) is 0 Å². The van der Waals surface area contributed by atoms with Crippen LogP contribution in [0.1, 0.15) is 17.5 Å². The van der Waals surface area contributed by atoms with Crippen LogP contribution in [0.3, 0.4) is 0 Å². The van der Waals surface area contributed by atoms with Crippen molar-refractivity contribution in [2.24, 2.45) is 4.99 Å². The van der Waals surface area contributed by atoms with Crippen molar-refractivity contribution >= 4 is 56.6 Å². The number of aromatic nitrogens is 2. The van der Waals surface area contributed by atoms with Crippen LogP contribution in [-0.4, -0.2) is 59.3 Å². The topological polar surface area (TPSA) is 118 Å². The molecule has 1 amide bonds. The molecule has 0 spiro atoms. The Bertz CT molecular complexity index is 1730. The Labute approximate surface area is 223 Å². The fourth-order valence-electron chi connectivity index (χ4n) is 4.27. The number of amides is 1. The number of aliphatic imine (C=N–C) groups is 1. The van der Waals surface area contributed by atoms with E-state index in [0.717, 1.165) is 11.1 Å². The minimum absolute atomic E-state index is 0.0143. The highest BCUT2D eigenvalue weighted by atomic mass is 35.5. The largest absolute Gasteiger partial charge is 0.494 e. The number of hydrogen-bond acceptors (Lipinski definition) is 6. The Hall–Kier alpha value is -4.34. The summed E-state index contributed by atoms with van der Waals surface area (Å²) in [4.78, 5) is 38.4. The van der Waals surface area contributed by atoms with Crippen LogP contribution in [0.2, 0.25) is 5.02 Å². The van der Waals surface area contributed by atoms with Gasteiger partial charge in [-0.2, -0.15) is 0 Å². The quantitative estimate of drug-likeness (QED) is 0.254. The van der Waals surface area contributed by atoms with Crippen LogP contribution >= 0.6 is 11.6 Å². The second kappa shape index (κ2) is 10.2. The molecule has 5 aromatic rings. The van der Waals surface area contributed by atoms with E-state index in [1.807, 2.05) is 49.3 Å². The molecule has 0 fully saturated rings. The minimum Gasteiger partial charge on any atom is -0.494 e. The number of anilines is 1. The fourth-order valence-corrected chi connectivity index (χ4v) is 4.44. The lowest BCUT2D eigenvalue weighted by atomic mass is 10.0. The summed E-state index contributed by atoms with van der Waals surface area (Å²) in [5.74, 6) is -0.606. The van der Waals surface area contributed by atoms with Crippen LogP contribution < -0.4 is 10.7 Å². The Kier molecular flexibility index (Phi) is 6.79. The zero-order valence-corrected chi connectivity index (χ0v) is 21.8. The van der Waals surface area contributed by atoms with Crippen molar-refractivity contribution in [3.63, 3.8) is 0 Å². The average molecular weight is 532 g/mol. The first kappa shape index (κ1) is 25.3. The lowest BCUT2D eigenvalue weighted by Gasteiger charge is -2.19. The second-order valence-corrected chi connectivity index (χ2v) is 9.68. The van der Waals surface area contributed by atoms with Crippen LogP contribution in [0.5, 0.6) is 5.88 Å². The average Bonchev–Trinajstić information content (AvgIpc) is 3.42. The molecule has 0 bridgehead atoms. The smallest absolute Gasteiger partial charge is 0.417 e. The van der Waals surface area contributed by atoms with Gasteiger partial charge in [-0.05, 0) is 68.7 Å². The molecule has 3 N–H and O–H groups in total. The molecule has 0 aliphatic rings. The van der Waals surface area contributed by atoms with Crippen LogP contribution in [0, 0.1) is 0 Å². The summed E-state index contributed by atoms with van der Waals surface area (Å²) < 4.78 is 5.15. The summed E-state index contributed by atoms with van der Waals surface area (Å²) in [5.41, 5.74) is 4.56. The number of hydrogen-bond donors (Lipinski definition) is 3. The molecule has 5 rings (SSSR count). The molecule has 194 valence electrons. The number of carbonyl (C=O) groups excluding carboxylic acids is 1. The normalized spacial score (nSPS) is 12.1. The Balaban J connectivity index is 1.58. The van der Waals surface area contributed by atoms with E-state index < -0.39 is 5.76 Å². The van der Waals surface area contributed by atoms with Gasteiger partial charge in [0.1, 0.15) is 0 Å². The van der Waals surface area contributed by atoms with Crippen molar-refractivity contribution in [2.75, 3.05) is 32.6 Å². The molecule has 10 heteroatoms. The van der Waals surface area contributed by atoms with Crippen molar-refractivity contribution in [1.82, 2.24) is 14.9 Å². The van der Waals surface area contributed by atoms with E-state index in [1.165, 1.54) is 0 Å². The molecule has 38 heavy (non-hydrogen) atoms. The van der Waals surface area contributed by atoms with E-state index in [4.69, 9.17) is 21.0 Å². The molecule has 2 heterocycles. The predicted octanol–water partition coefficient (Wildman–Crippen LogP) is 5.05. The SMILES string of the molecule is CN(C)CCC(=O)N(C)c1ccc(N=C(c2ccc3oc(=O)[nH]c3c2)c2c(O)[nH]c3cc(Cl)ccc23)cc1. The summed E-state index contributed by atoms with van der Waals surface area (Å²) >= 11 is 6.17. The Morgan fingerprint density at radius 1 is 1.00 bits per heavy atom. The van der Waals surface area contributed by atoms with E-state index in [1.54, 1.807) is 42.3 Å². The van der Waals surface area contributed by atoms with Crippen LogP contribution in [0.15, 0.2) is 74.9 Å². The second-order valence-electron chi connectivity index (χ2n) is 9.25. The Morgan fingerprint density at radius 3 is 2.50 bits per heavy atom. The first-order valence-corrected chi connectivity index (χ1v) is 12.3. The summed E-state index contributed by atoms with van der Waals surface area (Å²) in [6.45, 7) is 0.667. The van der Waals surface area contributed by atoms with Crippen molar-refractivity contribution in [3.8, 4) is 5.88 Å². The molecule has 0 radical (unpaired) electrons. The predicted molar refractivity (Wildman–Crippen MR) is 150 cm³/mol. The number of halogens is 1. The van der Waals surface area contributed by atoms with Gasteiger partial charge in [0.15, 0.2) is 11.5 Å². The molecular formula is C28H26ClN5O4. The Morgan fingerprint density at radius 2 is 1.76 bits per heavy atom. The summed E-state index contributed by atoms with van der Waals surface area (Å²) in [7, 11) is 5.61. The van der Waals surface area contributed by atoms with Gasteiger partial charge in [0.05, 0.1) is 28.0 Å². The van der Waals surface area contributed by atoms with E-state index >= 15 is 0 Å². The highest BCUT2D eigenvalue weighted by Crippen LogP contribution is 2.33. The highest BCUT2D eigenvalue weighted by molar-refractivity contribution is 6.31. The zero-order chi connectivity index (χ0) is 27.0. The van der Waals surface area contributed by atoms with E-state index in [2.05, 4.69) is 9.97 Å². The van der Waals surface area contributed by atoms with Crippen molar-refractivity contribution in [3.05, 3.63) is 87.4 Å². The van der Waals surface area contributed by atoms with Gasteiger partial charge in [0, 0.05) is 41.7 Å². The molecular weight excluding hydrogens is 506 g/mol. The molecule has 2 aromatic heterocycles. The lowest BCUT2D eigenvalue weighted by Crippen LogP contribution is -2.29. The van der Waals surface area contributed by atoms with E-state index in [-0.39, 0.29) is 11.8 Å². The van der Waals surface area contributed by atoms with Crippen molar-refractivity contribution < 1.29 is 14.3 Å².